The molecule has 2 N–H and O–H groups in total. The zero-order chi connectivity index (χ0) is 16.9. The topological polar surface area (TPSA) is 55.8 Å². The van der Waals surface area contributed by atoms with Gasteiger partial charge in [0.25, 0.3) is 0 Å². The number of aliphatic hydroxyl groups excluding tert-OH is 1. The third-order valence-electron chi connectivity index (χ3n) is 6.38. The van der Waals surface area contributed by atoms with Gasteiger partial charge in [0.2, 0.25) is 0 Å². The summed E-state index contributed by atoms with van der Waals surface area (Å²) in [4.78, 5) is 17.1. The summed E-state index contributed by atoms with van der Waals surface area (Å²) in [6.45, 7) is 5.63. The van der Waals surface area contributed by atoms with Crippen molar-refractivity contribution in [3.05, 3.63) is 0 Å². The summed E-state index contributed by atoms with van der Waals surface area (Å²) in [5.41, 5.74) is 0. The minimum atomic E-state index is -0.320. The van der Waals surface area contributed by atoms with E-state index >= 15 is 0 Å². The summed E-state index contributed by atoms with van der Waals surface area (Å²) in [6.07, 6.45) is 10.8. The zero-order valence-corrected chi connectivity index (χ0v) is 15.3. The van der Waals surface area contributed by atoms with Gasteiger partial charge in [-0.1, -0.05) is 19.3 Å². The van der Waals surface area contributed by atoms with E-state index in [1.54, 1.807) is 0 Å². The normalized spacial score (nSPS) is 29.4. The molecular weight excluding hydrogens is 302 g/mol. The number of rotatable bonds is 3. The van der Waals surface area contributed by atoms with E-state index in [2.05, 4.69) is 10.2 Å². The largest absolute Gasteiger partial charge is 0.393 e. The van der Waals surface area contributed by atoms with Crippen molar-refractivity contribution in [1.82, 2.24) is 15.1 Å². The van der Waals surface area contributed by atoms with Gasteiger partial charge >= 0.3 is 6.03 Å². The zero-order valence-electron chi connectivity index (χ0n) is 15.3. The lowest BCUT2D eigenvalue weighted by molar-refractivity contribution is 0.0713. The Morgan fingerprint density at radius 1 is 1.00 bits per heavy atom. The highest BCUT2D eigenvalue weighted by molar-refractivity contribution is 5.74. The number of aliphatic hydroxyl groups is 1. The Morgan fingerprint density at radius 3 is 2.38 bits per heavy atom. The third-order valence-corrected chi connectivity index (χ3v) is 6.38. The van der Waals surface area contributed by atoms with Gasteiger partial charge in [0, 0.05) is 44.2 Å². The van der Waals surface area contributed by atoms with E-state index in [0.29, 0.717) is 12.6 Å². The van der Waals surface area contributed by atoms with E-state index in [-0.39, 0.29) is 18.1 Å². The van der Waals surface area contributed by atoms with Crippen LogP contribution in [0.15, 0.2) is 0 Å². The van der Waals surface area contributed by atoms with Gasteiger partial charge in [0.1, 0.15) is 0 Å². The Labute approximate surface area is 146 Å². The molecule has 5 heteroatoms. The average molecular weight is 338 g/mol. The average Bonchev–Trinajstić information content (AvgIpc) is 2.63. The molecule has 0 aromatic carbocycles. The van der Waals surface area contributed by atoms with Gasteiger partial charge in [-0.25, -0.2) is 4.79 Å². The highest BCUT2D eigenvalue weighted by Crippen LogP contribution is 2.25. The van der Waals surface area contributed by atoms with Gasteiger partial charge in [0.05, 0.1) is 6.10 Å². The van der Waals surface area contributed by atoms with Crippen molar-refractivity contribution < 1.29 is 9.90 Å². The van der Waals surface area contributed by atoms with Crippen molar-refractivity contribution in [3.8, 4) is 0 Å². The monoisotopic (exact) mass is 337 g/mol. The summed E-state index contributed by atoms with van der Waals surface area (Å²) in [5.74, 6) is 0.234. The maximum absolute atomic E-state index is 12.5. The van der Waals surface area contributed by atoms with Gasteiger partial charge in [0.15, 0.2) is 0 Å². The van der Waals surface area contributed by atoms with Crippen LogP contribution in [-0.2, 0) is 0 Å². The van der Waals surface area contributed by atoms with Crippen molar-refractivity contribution >= 4 is 6.03 Å². The number of nitrogens with one attached hydrogen (secondary N) is 1. The maximum atomic E-state index is 12.5. The first-order valence-corrected chi connectivity index (χ1v) is 10.1. The van der Waals surface area contributed by atoms with E-state index in [0.717, 1.165) is 51.4 Å². The Kier molecular flexibility index (Phi) is 6.39. The van der Waals surface area contributed by atoms with E-state index in [9.17, 15) is 9.90 Å². The fraction of sp³-hybridized carbons (Fsp3) is 0.947. The molecule has 2 atom stereocenters. The number of amides is 2. The second-order valence-corrected chi connectivity index (χ2v) is 8.14. The molecule has 2 aliphatic heterocycles. The lowest BCUT2D eigenvalue weighted by atomic mass is 9.92. The highest BCUT2D eigenvalue weighted by Gasteiger charge is 2.30. The van der Waals surface area contributed by atoms with Crippen LogP contribution in [0, 0.1) is 5.92 Å². The van der Waals surface area contributed by atoms with Gasteiger partial charge in [-0.2, -0.15) is 0 Å². The molecule has 0 radical (unpaired) electrons. The number of likely N-dealkylation sites (tertiary alicyclic amines) is 2. The molecule has 24 heavy (non-hydrogen) atoms. The first-order valence-electron chi connectivity index (χ1n) is 10.1. The molecule has 0 aromatic rings. The molecule has 3 aliphatic rings. The van der Waals surface area contributed by atoms with Gasteiger partial charge in [-0.15, -0.1) is 0 Å². The number of carbonyl (C=O) groups is 1. The number of nitrogens with zero attached hydrogens (tertiary/aromatic N) is 2. The van der Waals surface area contributed by atoms with Gasteiger partial charge in [-0.3, -0.25) is 0 Å². The molecule has 2 heterocycles. The Balaban J connectivity index is 1.41. The van der Waals surface area contributed by atoms with Crippen LogP contribution in [0.2, 0.25) is 0 Å². The number of hydrogen-bond acceptors (Lipinski definition) is 3. The number of urea groups is 1. The van der Waals surface area contributed by atoms with Crippen molar-refractivity contribution in [2.45, 2.75) is 82.9 Å². The molecule has 0 spiro atoms. The van der Waals surface area contributed by atoms with E-state index in [1.165, 1.54) is 32.1 Å². The second kappa shape index (κ2) is 8.52. The molecule has 3 rings (SSSR count). The van der Waals surface area contributed by atoms with Gasteiger partial charge < -0.3 is 20.2 Å². The first kappa shape index (κ1) is 18.0. The first-order chi connectivity index (χ1) is 11.6. The standard InChI is InChI=1S/C19H35N3O2/c1-15(23)16-6-5-11-22(14-16)19(24)20-17-9-12-21(13-10-17)18-7-3-2-4-8-18/h15-18,23H,2-14H2,1H3,(H,20,24). The summed E-state index contributed by atoms with van der Waals surface area (Å²) < 4.78 is 0. The maximum Gasteiger partial charge on any atom is 0.317 e. The van der Waals surface area contributed by atoms with Crippen molar-refractivity contribution in [1.29, 1.82) is 0 Å². The van der Waals surface area contributed by atoms with Gasteiger partial charge in [-0.05, 0) is 45.4 Å². The smallest absolute Gasteiger partial charge is 0.317 e. The lowest BCUT2D eigenvalue weighted by Gasteiger charge is -2.40. The lowest BCUT2D eigenvalue weighted by Crippen LogP contribution is -2.53. The molecule has 5 nitrogen and oxygen atoms in total. The molecule has 2 unspecified atom stereocenters. The van der Waals surface area contributed by atoms with Crippen molar-refractivity contribution in [3.63, 3.8) is 0 Å². The van der Waals surface area contributed by atoms with Crippen LogP contribution in [0.4, 0.5) is 4.79 Å². The second-order valence-electron chi connectivity index (χ2n) is 8.14. The number of piperidine rings is 2. The molecule has 3 fully saturated rings. The molecule has 138 valence electrons. The van der Waals surface area contributed by atoms with Crippen LogP contribution < -0.4 is 5.32 Å². The van der Waals surface area contributed by atoms with Crippen LogP contribution in [0.25, 0.3) is 0 Å². The predicted octanol–water partition coefficient (Wildman–Crippen LogP) is 2.59. The molecule has 2 amide bonds. The fourth-order valence-corrected chi connectivity index (χ4v) is 4.71. The molecular formula is C19H35N3O2. The Morgan fingerprint density at radius 2 is 1.71 bits per heavy atom. The minimum absolute atomic E-state index is 0.0801. The van der Waals surface area contributed by atoms with Crippen LogP contribution in [0.5, 0.6) is 0 Å². The summed E-state index contributed by atoms with van der Waals surface area (Å²) in [6, 6.07) is 1.20. The quantitative estimate of drug-likeness (QED) is 0.832. The highest BCUT2D eigenvalue weighted by atomic mass is 16.3. The summed E-state index contributed by atoms with van der Waals surface area (Å²) in [5, 5.41) is 13.0. The molecule has 0 bridgehead atoms. The van der Waals surface area contributed by atoms with E-state index in [4.69, 9.17) is 0 Å². The Bertz CT molecular complexity index is 401. The van der Waals surface area contributed by atoms with Crippen LogP contribution in [-0.4, -0.2) is 65.3 Å². The summed E-state index contributed by atoms with van der Waals surface area (Å²) >= 11 is 0. The molecule has 0 aromatic heterocycles. The summed E-state index contributed by atoms with van der Waals surface area (Å²) in [7, 11) is 0. The minimum Gasteiger partial charge on any atom is -0.393 e. The fourth-order valence-electron chi connectivity index (χ4n) is 4.71. The molecule has 2 saturated heterocycles. The van der Waals surface area contributed by atoms with E-state index < -0.39 is 0 Å². The van der Waals surface area contributed by atoms with Crippen LogP contribution in [0.1, 0.15) is 64.7 Å². The number of carbonyl (C=O) groups excluding carboxylic acids is 1. The van der Waals surface area contributed by atoms with Crippen LogP contribution in [0.3, 0.4) is 0 Å². The molecule has 1 saturated carbocycles. The SMILES string of the molecule is CC(O)C1CCCN(C(=O)NC2CCN(C3CCCCC3)CC2)C1. The van der Waals surface area contributed by atoms with Crippen molar-refractivity contribution in [2.75, 3.05) is 26.2 Å². The Hall–Kier alpha value is -0.810. The predicted molar refractivity (Wildman–Crippen MR) is 96.0 cm³/mol. The third kappa shape index (κ3) is 4.63. The molecule has 1 aliphatic carbocycles. The van der Waals surface area contributed by atoms with Crippen LogP contribution >= 0.6 is 0 Å². The number of hydrogen-bond donors (Lipinski definition) is 2. The van der Waals surface area contributed by atoms with Crippen molar-refractivity contribution in [2.24, 2.45) is 5.92 Å². The van der Waals surface area contributed by atoms with E-state index in [1.807, 2.05) is 11.8 Å².